The fraction of sp³-hybridized carbons (Fsp3) is 0.364. The van der Waals surface area contributed by atoms with Gasteiger partial charge in [-0.25, -0.2) is 18.2 Å². The van der Waals surface area contributed by atoms with Crippen molar-refractivity contribution in [3.05, 3.63) is 65.0 Å². The number of benzene rings is 2. The third kappa shape index (κ3) is 3.66. The van der Waals surface area contributed by atoms with Crippen molar-refractivity contribution in [2.24, 2.45) is 16.8 Å². The van der Waals surface area contributed by atoms with Gasteiger partial charge in [-0.05, 0) is 63.3 Å². The van der Waals surface area contributed by atoms with E-state index in [-0.39, 0.29) is 29.7 Å². The first-order valence-corrected chi connectivity index (χ1v) is 11.0. The second kappa shape index (κ2) is 8.76. The van der Waals surface area contributed by atoms with Crippen LogP contribution in [0.1, 0.15) is 24.5 Å². The molecule has 1 amide bonds. The number of hydrazone groups is 1. The molecule has 1 unspecified atom stereocenters. The van der Waals surface area contributed by atoms with Crippen LogP contribution in [-0.4, -0.2) is 42.2 Å². The van der Waals surface area contributed by atoms with Crippen molar-refractivity contribution in [2.45, 2.75) is 24.3 Å². The molecule has 2 aliphatic rings. The molecule has 2 heterocycles. The number of hydrogen-bond acceptors (Lipinski definition) is 6. The van der Waals surface area contributed by atoms with Gasteiger partial charge >= 0.3 is 0 Å². The van der Waals surface area contributed by atoms with E-state index in [1.807, 2.05) is 0 Å². The van der Waals surface area contributed by atoms with E-state index in [9.17, 15) is 18.0 Å². The highest BCUT2D eigenvalue weighted by atomic mass is 32.2. The molecule has 0 aliphatic carbocycles. The van der Waals surface area contributed by atoms with Crippen LogP contribution in [0.25, 0.3) is 0 Å². The number of likely N-dealkylation sites (N-methyl/N-ethyl adjacent to an activating group) is 1. The summed E-state index contributed by atoms with van der Waals surface area (Å²) in [6.07, 6.45) is 0.440. The van der Waals surface area contributed by atoms with E-state index in [1.54, 1.807) is 14.0 Å². The van der Waals surface area contributed by atoms with E-state index in [0.29, 0.717) is 17.7 Å². The van der Waals surface area contributed by atoms with Crippen LogP contribution >= 0.6 is 11.8 Å². The highest BCUT2D eigenvalue weighted by Crippen LogP contribution is 2.57. The molecule has 4 rings (SSSR count). The first-order chi connectivity index (χ1) is 15.3. The van der Waals surface area contributed by atoms with Gasteiger partial charge in [-0.2, -0.15) is 5.10 Å². The van der Waals surface area contributed by atoms with Gasteiger partial charge in [0.25, 0.3) is 5.91 Å². The lowest BCUT2D eigenvalue weighted by Crippen LogP contribution is -2.55. The topological polar surface area (TPSA) is 80.0 Å². The number of nitrogens with two attached hydrogens (primary N) is 1. The Kier molecular flexibility index (Phi) is 6.19. The van der Waals surface area contributed by atoms with Gasteiger partial charge in [-0.15, -0.1) is 0 Å². The number of hydrogen-bond donors (Lipinski definition) is 2. The zero-order valence-corrected chi connectivity index (χ0v) is 18.4. The summed E-state index contributed by atoms with van der Waals surface area (Å²) in [7, 11) is 1.63. The van der Waals surface area contributed by atoms with E-state index < -0.39 is 34.3 Å². The number of fused-ring (bicyclic) bond motifs is 2. The third-order valence-corrected chi connectivity index (χ3v) is 7.30. The van der Waals surface area contributed by atoms with Crippen molar-refractivity contribution in [1.82, 2.24) is 10.3 Å². The molecule has 170 valence electrons. The summed E-state index contributed by atoms with van der Waals surface area (Å²) in [5.74, 6) is -2.20. The highest BCUT2D eigenvalue weighted by molar-refractivity contribution is 8.15. The molecular formula is C22H23F3N4O2S. The van der Waals surface area contributed by atoms with Crippen molar-refractivity contribution >= 4 is 22.7 Å². The van der Waals surface area contributed by atoms with E-state index in [0.717, 1.165) is 30.0 Å². The summed E-state index contributed by atoms with van der Waals surface area (Å²) in [6.45, 7) is 2.16. The first kappa shape index (κ1) is 22.6. The molecule has 10 heteroatoms. The van der Waals surface area contributed by atoms with Crippen molar-refractivity contribution < 1.29 is 22.7 Å². The molecular weight excluding hydrogens is 441 g/mol. The largest absolute Gasteiger partial charge is 0.493 e. The van der Waals surface area contributed by atoms with Crippen LogP contribution in [0, 0.1) is 23.4 Å². The number of carbonyl (C=O) groups excluding carboxylic acids is 1. The average Bonchev–Trinajstić information content (AvgIpc) is 3.17. The predicted octanol–water partition coefficient (Wildman–Crippen LogP) is 3.16. The predicted molar refractivity (Wildman–Crippen MR) is 117 cm³/mol. The van der Waals surface area contributed by atoms with Gasteiger partial charge in [0.1, 0.15) is 28.2 Å². The Hall–Kier alpha value is -2.56. The lowest BCUT2D eigenvalue weighted by Gasteiger charge is -2.45. The maximum atomic E-state index is 14.7. The minimum Gasteiger partial charge on any atom is -0.493 e. The first-order valence-electron chi connectivity index (χ1n) is 10.2. The molecule has 0 aromatic heterocycles. The SMILES string of the molecule is CN[C@@H](C)C(=O)N1N=C(c2cc(F)ccc2F)S[C@@]12c1cc(F)ccc1OCC2CCN. The van der Waals surface area contributed by atoms with E-state index in [4.69, 9.17) is 10.5 Å². The van der Waals surface area contributed by atoms with Gasteiger partial charge in [-0.3, -0.25) is 4.79 Å². The zero-order chi connectivity index (χ0) is 23.0. The number of carbonyl (C=O) groups is 1. The molecule has 3 atom stereocenters. The molecule has 32 heavy (non-hydrogen) atoms. The van der Waals surface area contributed by atoms with Crippen LogP contribution in [0.2, 0.25) is 0 Å². The van der Waals surface area contributed by atoms with Crippen molar-refractivity contribution in [2.75, 3.05) is 20.2 Å². The van der Waals surface area contributed by atoms with E-state index >= 15 is 0 Å². The van der Waals surface area contributed by atoms with Crippen molar-refractivity contribution in [1.29, 1.82) is 0 Å². The summed E-state index contributed by atoms with van der Waals surface area (Å²) in [4.78, 5) is 12.2. The minimum absolute atomic E-state index is 0.0715. The number of nitrogens with zero attached hydrogens (tertiary/aromatic N) is 2. The van der Waals surface area contributed by atoms with Gasteiger partial charge in [0.15, 0.2) is 4.87 Å². The molecule has 1 spiro atoms. The number of ether oxygens (including phenoxy) is 1. The maximum absolute atomic E-state index is 14.7. The second-order valence-corrected chi connectivity index (χ2v) is 8.93. The van der Waals surface area contributed by atoms with Crippen molar-refractivity contribution in [3.8, 4) is 5.75 Å². The van der Waals surface area contributed by atoms with E-state index in [1.165, 1.54) is 23.2 Å². The fourth-order valence-electron chi connectivity index (χ4n) is 4.00. The molecule has 3 N–H and O–H groups in total. The summed E-state index contributed by atoms with van der Waals surface area (Å²) >= 11 is 1.09. The van der Waals surface area contributed by atoms with E-state index in [2.05, 4.69) is 10.4 Å². The Balaban J connectivity index is 1.94. The molecule has 0 fully saturated rings. The Morgan fingerprint density at radius 3 is 2.75 bits per heavy atom. The number of nitrogens with one attached hydrogen (secondary N) is 1. The molecule has 2 aromatic carbocycles. The van der Waals surface area contributed by atoms with Gasteiger partial charge < -0.3 is 15.8 Å². The molecule has 2 aromatic rings. The summed E-state index contributed by atoms with van der Waals surface area (Å²) in [6, 6.07) is 6.49. The monoisotopic (exact) mass is 464 g/mol. The Labute approximate surface area is 188 Å². The lowest BCUT2D eigenvalue weighted by molar-refractivity contribution is -0.139. The minimum atomic E-state index is -1.23. The van der Waals surface area contributed by atoms with Crippen LogP contribution in [0.4, 0.5) is 13.2 Å². The number of halogens is 3. The third-order valence-electron chi connectivity index (χ3n) is 5.76. The molecule has 0 radical (unpaired) electrons. The van der Waals surface area contributed by atoms with Crippen molar-refractivity contribution in [3.63, 3.8) is 0 Å². The summed E-state index contributed by atoms with van der Waals surface area (Å²) in [5.41, 5.74) is 6.19. The average molecular weight is 465 g/mol. The van der Waals surface area contributed by atoms with Gasteiger partial charge in [-0.1, -0.05) is 11.8 Å². The fourth-order valence-corrected chi connectivity index (χ4v) is 5.53. The van der Waals surface area contributed by atoms with Gasteiger partial charge in [0.2, 0.25) is 0 Å². The quantitative estimate of drug-likeness (QED) is 0.711. The maximum Gasteiger partial charge on any atom is 0.261 e. The Morgan fingerprint density at radius 1 is 1.31 bits per heavy atom. The Bertz CT molecular complexity index is 1080. The van der Waals surface area contributed by atoms with Crippen LogP contribution in [0.3, 0.4) is 0 Å². The smallest absolute Gasteiger partial charge is 0.261 e. The van der Waals surface area contributed by atoms with Crippen LogP contribution in [0.15, 0.2) is 41.5 Å². The second-order valence-electron chi connectivity index (χ2n) is 7.71. The molecule has 2 aliphatic heterocycles. The number of amides is 1. The molecule has 6 nitrogen and oxygen atoms in total. The lowest BCUT2D eigenvalue weighted by atomic mass is 9.86. The summed E-state index contributed by atoms with van der Waals surface area (Å²) < 4.78 is 48.8. The molecule has 0 saturated heterocycles. The van der Waals surface area contributed by atoms with Crippen LogP contribution in [0.5, 0.6) is 5.75 Å². The number of thioether (sulfide) groups is 1. The number of rotatable bonds is 5. The standard InChI is InChI=1S/C22H23F3N4O2S/c1-12(27-2)21(30)29-22(32-20(28-29)16-9-14(23)3-5-18(16)25)13(7-8-26)11-31-19-6-4-15(24)10-17(19)22/h3-6,9-10,12-13,27H,7-8,11,26H2,1-2H3/t12-,13?,22-/m0/s1. The molecule has 0 saturated carbocycles. The normalized spacial score (nSPS) is 23.0. The Morgan fingerprint density at radius 2 is 2.03 bits per heavy atom. The summed E-state index contributed by atoms with van der Waals surface area (Å²) in [5, 5.41) is 8.74. The van der Waals surface area contributed by atoms with Crippen LogP contribution in [-0.2, 0) is 9.67 Å². The van der Waals surface area contributed by atoms with Gasteiger partial charge in [0.05, 0.1) is 12.6 Å². The van der Waals surface area contributed by atoms with Gasteiger partial charge in [0, 0.05) is 17.0 Å². The molecule has 0 bridgehead atoms. The zero-order valence-electron chi connectivity index (χ0n) is 17.6. The highest BCUT2D eigenvalue weighted by Gasteiger charge is 2.57. The van der Waals surface area contributed by atoms with Crippen LogP contribution < -0.4 is 15.8 Å².